The lowest BCUT2D eigenvalue weighted by atomic mass is 10.1. The number of hydrogen-bond donors (Lipinski definition) is 2. The monoisotopic (exact) mass is 228 g/mol. The van der Waals surface area contributed by atoms with Crippen LogP contribution in [0.4, 0.5) is 0 Å². The zero-order chi connectivity index (χ0) is 12.0. The van der Waals surface area contributed by atoms with Crippen molar-refractivity contribution in [2.75, 3.05) is 26.7 Å². The van der Waals surface area contributed by atoms with E-state index in [4.69, 9.17) is 0 Å². The molecule has 1 unspecified atom stereocenters. The van der Waals surface area contributed by atoms with Crippen LogP contribution in [0.25, 0.3) is 0 Å². The topological polar surface area (TPSA) is 35.5 Å². The summed E-state index contributed by atoms with van der Waals surface area (Å²) >= 11 is 0. The van der Waals surface area contributed by atoms with Crippen LogP contribution in [0.2, 0.25) is 0 Å². The number of aliphatic hydroxyl groups excluding tert-OH is 1. The van der Waals surface area contributed by atoms with Gasteiger partial charge in [0.15, 0.2) is 0 Å². The molecule has 1 rings (SSSR count). The molecule has 0 aromatic carbocycles. The van der Waals surface area contributed by atoms with Gasteiger partial charge in [0.1, 0.15) is 0 Å². The van der Waals surface area contributed by atoms with Gasteiger partial charge < -0.3 is 15.3 Å². The van der Waals surface area contributed by atoms with Crippen molar-refractivity contribution in [1.29, 1.82) is 0 Å². The lowest BCUT2D eigenvalue weighted by Crippen LogP contribution is -2.37. The molecule has 0 heterocycles. The standard InChI is InChI=1S/C13H28N2O/c1-11(2)6-8-15(3)9-7-13(10-16)14-12-4-5-12/h11-14,16H,4-10H2,1-3H3. The van der Waals surface area contributed by atoms with Gasteiger partial charge in [-0.05, 0) is 51.7 Å². The van der Waals surface area contributed by atoms with E-state index in [1.807, 2.05) is 0 Å². The molecule has 2 N–H and O–H groups in total. The van der Waals surface area contributed by atoms with Crippen LogP contribution in [0, 0.1) is 5.92 Å². The first-order chi connectivity index (χ1) is 7.61. The molecule has 0 aromatic rings. The quantitative estimate of drug-likeness (QED) is 0.627. The second-order valence-electron chi connectivity index (χ2n) is 5.59. The van der Waals surface area contributed by atoms with Gasteiger partial charge in [0.2, 0.25) is 0 Å². The first-order valence-corrected chi connectivity index (χ1v) is 6.67. The predicted molar refractivity (Wildman–Crippen MR) is 68.6 cm³/mol. The van der Waals surface area contributed by atoms with Gasteiger partial charge in [0.25, 0.3) is 0 Å². The molecule has 96 valence electrons. The summed E-state index contributed by atoms with van der Waals surface area (Å²) in [5.41, 5.74) is 0. The molecule has 1 aliphatic rings. The van der Waals surface area contributed by atoms with E-state index in [2.05, 4.69) is 31.1 Å². The highest BCUT2D eigenvalue weighted by Gasteiger charge is 2.24. The maximum absolute atomic E-state index is 9.25. The Balaban J connectivity index is 2.05. The third-order valence-electron chi connectivity index (χ3n) is 3.22. The largest absolute Gasteiger partial charge is 0.395 e. The third kappa shape index (κ3) is 6.46. The van der Waals surface area contributed by atoms with Crippen LogP contribution in [0.1, 0.15) is 39.5 Å². The third-order valence-corrected chi connectivity index (χ3v) is 3.22. The second-order valence-corrected chi connectivity index (χ2v) is 5.59. The van der Waals surface area contributed by atoms with E-state index in [0.717, 1.165) is 18.9 Å². The van der Waals surface area contributed by atoms with E-state index in [1.165, 1.54) is 25.8 Å². The predicted octanol–water partition coefficient (Wildman–Crippen LogP) is 1.47. The molecule has 0 bridgehead atoms. The van der Waals surface area contributed by atoms with Crippen molar-refractivity contribution in [3.05, 3.63) is 0 Å². The van der Waals surface area contributed by atoms with Crippen molar-refractivity contribution in [3.8, 4) is 0 Å². The van der Waals surface area contributed by atoms with Gasteiger partial charge in [-0.15, -0.1) is 0 Å². The fourth-order valence-corrected chi connectivity index (χ4v) is 1.78. The second kappa shape index (κ2) is 7.25. The van der Waals surface area contributed by atoms with Crippen molar-refractivity contribution in [2.45, 2.75) is 51.6 Å². The highest BCUT2D eigenvalue weighted by atomic mass is 16.3. The Morgan fingerprint density at radius 1 is 1.25 bits per heavy atom. The summed E-state index contributed by atoms with van der Waals surface area (Å²) in [5.74, 6) is 0.778. The Labute approximate surface area is 100 Å². The Kier molecular flexibility index (Phi) is 6.32. The maximum atomic E-state index is 9.25. The number of rotatable bonds is 9. The highest BCUT2D eigenvalue weighted by molar-refractivity contribution is 4.84. The van der Waals surface area contributed by atoms with Crippen LogP contribution in [0.15, 0.2) is 0 Å². The lowest BCUT2D eigenvalue weighted by molar-refractivity contribution is 0.214. The van der Waals surface area contributed by atoms with Crippen molar-refractivity contribution < 1.29 is 5.11 Å². The molecule has 1 aliphatic carbocycles. The summed E-state index contributed by atoms with van der Waals surface area (Å²) < 4.78 is 0. The molecule has 0 amide bonds. The van der Waals surface area contributed by atoms with Crippen LogP contribution < -0.4 is 5.32 Å². The van der Waals surface area contributed by atoms with Crippen LogP contribution in [-0.4, -0.2) is 48.8 Å². The summed E-state index contributed by atoms with van der Waals surface area (Å²) in [6.07, 6.45) is 4.90. The molecule has 16 heavy (non-hydrogen) atoms. The van der Waals surface area contributed by atoms with Gasteiger partial charge in [0, 0.05) is 12.1 Å². The minimum absolute atomic E-state index is 0.272. The molecule has 0 aromatic heterocycles. The molecule has 0 saturated heterocycles. The van der Waals surface area contributed by atoms with Crippen molar-refractivity contribution in [1.82, 2.24) is 10.2 Å². The zero-order valence-electron chi connectivity index (χ0n) is 11.1. The van der Waals surface area contributed by atoms with E-state index >= 15 is 0 Å². The normalized spacial score (nSPS) is 18.4. The summed E-state index contributed by atoms with van der Waals surface area (Å²) in [4.78, 5) is 2.37. The SMILES string of the molecule is CC(C)CCN(C)CCC(CO)NC1CC1. The zero-order valence-corrected chi connectivity index (χ0v) is 11.1. The van der Waals surface area contributed by atoms with Gasteiger partial charge in [-0.1, -0.05) is 13.8 Å². The molecule has 3 heteroatoms. The molecular formula is C13H28N2O. The van der Waals surface area contributed by atoms with E-state index in [-0.39, 0.29) is 6.61 Å². The Morgan fingerprint density at radius 3 is 2.38 bits per heavy atom. The first kappa shape index (κ1) is 13.9. The molecule has 1 atom stereocenters. The molecule has 1 saturated carbocycles. The molecule has 3 nitrogen and oxygen atoms in total. The number of nitrogens with zero attached hydrogens (tertiary/aromatic N) is 1. The molecule has 1 fully saturated rings. The van der Waals surface area contributed by atoms with Crippen LogP contribution in [0.3, 0.4) is 0 Å². The summed E-state index contributed by atoms with van der Waals surface area (Å²) in [6.45, 7) is 7.05. The van der Waals surface area contributed by atoms with Crippen molar-refractivity contribution >= 4 is 0 Å². The van der Waals surface area contributed by atoms with Gasteiger partial charge in [-0.2, -0.15) is 0 Å². The number of nitrogens with one attached hydrogen (secondary N) is 1. The van der Waals surface area contributed by atoms with Crippen LogP contribution in [-0.2, 0) is 0 Å². The number of aliphatic hydroxyl groups is 1. The molecule has 0 radical (unpaired) electrons. The van der Waals surface area contributed by atoms with Gasteiger partial charge in [-0.25, -0.2) is 0 Å². The Hall–Kier alpha value is -0.120. The van der Waals surface area contributed by atoms with E-state index in [1.54, 1.807) is 0 Å². The summed E-state index contributed by atoms with van der Waals surface area (Å²) in [5, 5.41) is 12.7. The summed E-state index contributed by atoms with van der Waals surface area (Å²) in [6, 6.07) is 0.993. The maximum Gasteiger partial charge on any atom is 0.0585 e. The Morgan fingerprint density at radius 2 is 1.88 bits per heavy atom. The first-order valence-electron chi connectivity index (χ1n) is 6.67. The minimum Gasteiger partial charge on any atom is -0.395 e. The average molecular weight is 228 g/mol. The fourth-order valence-electron chi connectivity index (χ4n) is 1.78. The fraction of sp³-hybridized carbons (Fsp3) is 1.00. The van der Waals surface area contributed by atoms with Gasteiger partial charge in [-0.3, -0.25) is 0 Å². The van der Waals surface area contributed by atoms with Crippen molar-refractivity contribution in [2.24, 2.45) is 5.92 Å². The molecule has 0 aliphatic heterocycles. The minimum atomic E-state index is 0.272. The number of hydrogen-bond acceptors (Lipinski definition) is 3. The smallest absolute Gasteiger partial charge is 0.0585 e. The lowest BCUT2D eigenvalue weighted by Gasteiger charge is -2.22. The summed E-state index contributed by atoms with van der Waals surface area (Å²) in [7, 11) is 2.17. The van der Waals surface area contributed by atoms with E-state index in [0.29, 0.717) is 12.1 Å². The van der Waals surface area contributed by atoms with Crippen molar-refractivity contribution in [3.63, 3.8) is 0 Å². The van der Waals surface area contributed by atoms with Gasteiger partial charge in [0.05, 0.1) is 6.61 Å². The highest BCUT2D eigenvalue weighted by Crippen LogP contribution is 2.19. The molecular weight excluding hydrogens is 200 g/mol. The molecule has 0 spiro atoms. The average Bonchev–Trinajstić information content (AvgIpc) is 3.04. The van der Waals surface area contributed by atoms with Gasteiger partial charge >= 0.3 is 0 Å². The van der Waals surface area contributed by atoms with Crippen LogP contribution in [0.5, 0.6) is 0 Å². The Bertz CT molecular complexity index is 181. The van der Waals surface area contributed by atoms with E-state index < -0.39 is 0 Å². The van der Waals surface area contributed by atoms with E-state index in [9.17, 15) is 5.11 Å². The van der Waals surface area contributed by atoms with Crippen LogP contribution >= 0.6 is 0 Å².